The number of rotatable bonds is 6. The van der Waals surface area contributed by atoms with Gasteiger partial charge in [-0.1, -0.05) is 18.9 Å². The van der Waals surface area contributed by atoms with Crippen LogP contribution in [0.4, 0.5) is 10.1 Å². The fourth-order valence-corrected chi connectivity index (χ4v) is 3.15. The van der Waals surface area contributed by atoms with Crippen LogP contribution in [0.15, 0.2) is 23.1 Å². The monoisotopic (exact) mass is 272 g/mol. The van der Waals surface area contributed by atoms with Gasteiger partial charge in [0.25, 0.3) is 0 Å². The molecule has 4 nitrogen and oxygen atoms in total. The van der Waals surface area contributed by atoms with Crippen molar-refractivity contribution in [3.8, 4) is 0 Å². The number of hydrogen-bond donors (Lipinski definition) is 2. The maximum Gasteiger partial charge on any atom is 0.245 e. The van der Waals surface area contributed by atoms with Crippen LogP contribution in [0.1, 0.15) is 25.7 Å². The molecule has 1 aromatic rings. The van der Waals surface area contributed by atoms with Gasteiger partial charge in [0.15, 0.2) is 0 Å². The van der Waals surface area contributed by atoms with Gasteiger partial charge in [0, 0.05) is 6.54 Å². The average molecular weight is 272 g/mol. The van der Waals surface area contributed by atoms with Crippen LogP contribution >= 0.6 is 0 Å². The molecular weight excluding hydrogens is 255 g/mol. The molecule has 2 rings (SSSR count). The number of sulfonamides is 1. The molecule has 0 aromatic heterocycles. The molecular formula is C12H17FN2O2S. The van der Waals surface area contributed by atoms with E-state index >= 15 is 0 Å². The standard InChI is InChI=1S/C12H17FN2O2S/c13-10-4-1-5-11(14)12(10)18(16,17)15-8-2-3-9-6-7-9/h1,4-5,9,15H,2-3,6-8,14H2. The van der Waals surface area contributed by atoms with Crippen LogP contribution < -0.4 is 10.5 Å². The molecule has 0 heterocycles. The Kier molecular flexibility index (Phi) is 3.87. The van der Waals surface area contributed by atoms with E-state index in [0.717, 1.165) is 24.8 Å². The Bertz CT molecular complexity index is 507. The van der Waals surface area contributed by atoms with Crippen LogP contribution in [0.2, 0.25) is 0 Å². The van der Waals surface area contributed by atoms with Gasteiger partial charge >= 0.3 is 0 Å². The first-order valence-corrected chi connectivity index (χ1v) is 7.52. The van der Waals surface area contributed by atoms with Crippen LogP contribution in [0.25, 0.3) is 0 Å². The Balaban J connectivity index is 2.00. The van der Waals surface area contributed by atoms with Crippen molar-refractivity contribution >= 4 is 15.7 Å². The number of anilines is 1. The molecule has 6 heteroatoms. The number of nitrogen functional groups attached to an aromatic ring is 1. The second-order valence-electron chi connectivity index (χ2n) is 4.64. The predicted molar refractivity (Wildman–Crippen MR) is 68.0 cm³/mol. The lowest BCUT2D eigenvalue weighted by Gasteiger charge is -2.09. The summed E-state index contributed by atoms with van der Waals surface area (Å²) in [5.74, 6) is -0.0577. The molecule has 1 aromatic carbocycles. The van der Waals surface area contributed by atoms with E-state index in [2.05, 4.69) is 4.72 Å². The molecule has 18 heavy (non-hydrogen) atoms. The number of hydrogen-bond acceptors (Lipinski definition) is 3. The molecule has 1 saturated carbocycles. The molecule has 0 aliphatic heterocycles. The van der Waals surface area contributed by atoms with Crippen LogP contribution in [0.5, 0.6) is 0 Å². The lowest BCUT2D eigenvalue weighted by Crippen LogP contribution is -2.26. The van der Waals surface area contributed by atoms with Gasteiger partial charge in [0.2, 0.25) is 10.0 Å². The van der Waals surface area contributed by atoms with Crippen molar-refractivity contribution in [2.45, 2.75) is 30.6 Å². The van der Waals surface area contributed by atoms with Crippen LogP contribution in [0, 0.1) is 11.7 Å². The first-order chi connectivity index (χ1) is 8.50. The number of nitrogens with one attached hydrogen (secondary N) is 1. The van der Waals surface area contributed by atoms with E-state index in [1.807, 2.05) is 0 Å². The van der Waals surface area contributed by atoms with Crippen molar-refractivity contribution in [3.63, 3.8) is 0 Å². The normalized spacial score (nSPS) is 15.8. The number of halogens is 1. The molecule has 1 fully saturated rings. The highest BCUT2D eigenvalue weighted by Gasteiger charge is 2.23. The molecule has 100 valence electrons. The van der Waals surface area contributed by atoms with Gasteiger partial charge in [-0.15, -0.1) is 0 Å². The minimum Gasteiger partial charge on any atom is -0.398 e. The maximum atomic E-state index is 13.5. The second kappa shape index (κ2) is 5.24. The molecule has 0 unspecified atom stereocenters. The number of nitrogens with two attached hydrogens (primary N) is 1. The summed E-state index contributed by atoms with van der Waals surface area (Å²) in [5, 5.41) is 0. The molecule has 0 atom stereocenters. The molecule has 1 aliphatic rings. The highest BCUT2D eigenvalue weighted by Crippen LogP contribution is 2.33. The first-order valence-electron chi connectivity index (χ1n) is 6.04. The van der Waals surface area contributed by atoms with E-state index in [1.165, 1.54) is 25.0 Å². The zero-order valence-corrected chi connectivity index (χ0v) is 10.8. The van der Waals surface area contributed by atoms with Gasteiger partial charge in [-0.05, 0) is 30.9 Å². The molecule has 1 aliphatic carbocycles. The summed E-state index contributed by atoms with van der Waals surface area (Å²) in [6.07, 6.45) is 4.29. The van der Waals surface area contributed by atoms with Gasteiger partial charge in [-0.3, -0.25) is 0 Å². The summed E-state index contributed by atoms with van der Waals surface area (Å²) >= 11 is 0. The molecule has 0 amide bonds. The fourth-order valence-electron chi connectivity index (χ4n) is 1.89. The van der Waals surface area contributed by atoms with Gasteiger partial charge < -0.3 is 5.73 Å². The quantitative estimate of drug-likeness (QED) is 0.613. The lowest BCUT2D eigenvalue weighted by atomic mass is 10.2. The predicted octanol–water partition coefficient (Wildman–Crippen LogP) is 1.88. The van der Waals surface area contributed by atoms with E-state index in [9.17, 15) is 12.8 Å². The van der Waals surface area contributed by atoms with Crippen molar-refractivity contribution in [2.75, 3.05) is 12.3 Å². The minimum absolute atomic E-state index is 0.0651. The Hall–Kier alpha value is -1.14. The molecule has 0 bridgehead atoms. The molecule has 0 spiro atoms. The Morgan fingerprint density at radius 3 is 2.72 bits per heavy atom. The van der Waals surface area contributed by atoms with Gasteiger partial charge in [0.1, 0.15) is 10.7 Å². The van der Waals surface area contributed by atoms with E-state index in [0.29, 0.717) is 6.54 Å². The summed E-state index contributed by atoms with van der Waals surface area (Å²) in [5.41, 5.74) is 5.45. The summed E-state index contributed by atoms with van der Waals surface area (Å²) in [6, 6.07) is 3.85. The molecule has 3 N–H and O–H groups in total. The van der Waals surface area contributed by atoms with E-state index < -0.39 is 20.7 Å². The topological polar surface area (TPSA) is 72.2 Å². The van der Waals surface area contributed by atoms with Gasteiger partial charge in [-0.2, -0.15) is 0 Å². The van der Waals surface area contributed by atoms with Crippen molar-refractivity contribution < 1.29 is 12.8 Å². The highest BCUT2D eigenvalue weighted by atomic mass is 32.2. The lowest BCUT2D eigenvalue weighted by molar-refractivity contribution is 0.553. The van der Waals surface area contributed by atoms with Crippen LogP contribution in [-0.2, 0) is 10.0 Å². The van der Waals surface area contributed by atoms with E-state index in [1.54, 1.807) is 0 Å². The zero-order valence-electron chi connectivity index (χ0n) is 10.0. The third kappa shape index (κ3) is 3.20. The average Bonchev–Trinajstić information content (AvgIpc) is 3.07. The van der Waals surface area contributed by atoms with Crippen molar-refractivity contribution in [1.29, 1.82) is 0 Å². The van der Waals surface area contributed by atoms with Crippen molar-refractivity contribution in [2.24, 2.45) is 5.92 Å². The third-order valence-corrected chi connectivity index (χ3v) is 4.60. The van der Waals surface area contributed by atoms with Gasteiger partial charge in [-0.25, -0.2) is 17.5 Å². The Morgan fingerprint density at radius 2 is 2.11 bits per heavy atom. The second-order valence-corrected chi connectivity index (χ2v) is 6.35. The summed E-state index contributed by atoms with van der Waals surface area (Å²) < 4.78 is 39.7. The van der Waals surface area contributed by atoms with Crippen molar-refractivity contribution in [1.82, 2.24) is 4.72 Å². The summed E-state index contributed by atoms with van der Waals surface area (Å²) in [6.45, 7) is 0.326. The van der Waals surface area contributed by atoms with E-state index in [4.69, 9.17) is 5.73 Å². The zero-order chi connectivity index (χ0) is 13.2. The highest BCUT2D eigenvalue weighted by molar-refractivity contribution is 7.89. The fraction of sp³-hybridized carbons (Fsp3) is 0.500. The Morgan fingerprint density at radius 1 is 1.39 bits per heavy atom. The smallest absolute Gasteiger partial charge is 0.245 e. The number of benzene rings is 1. The third-order valence-electron chi connectivity index (χ3n) is 3.04. The largest absolute Gasteiger partial charge is 0.398 e. The van der Waals surface area contributed by atoms with Crippen LogP contribution in [0.3, 0.4) is 0 Å². The summed E-state index contributed by atoms with van der Waals surface area (Å²) in [7, 11) is -3.85. The SMILES string of the molecule is Nc1cccc(F)c1S(=O)(=O)NCCCC1CC1. The van der Waals surface area contributed by atoms with E-state index in [-0.39, 0.29) is 5.69 Å². The summed E-state index contributed by atoms with van der Waals surface area (Å²) in [4.78, 5) is -0.448. The molecule has 0 radical (unpaired) electrons. The first kappa shape index (κ1) is 13.3. The van der Waals surface area contributed by atoms with Gasteiger partial charge in [0.05, 0.1) is 5.69 Å². The molecule has 0 saturated heterocycles. The van der Waals surface area contributed by atoms with Crippen LogP contribution in [-0.4, -0.2) is 15.0 Å². The Labute approximate surface area is 106 Å². The maximum absolute atomic E-state index is 13.5. The van der Waals surface area contributed by atoms with Crippen molar-refractivity contribution in [3.05, 3.63) is 24.0 Å². The minimum atomic E-state index is -3.85.